The Balaban J connectivity index is 1.45. The topological polar surface area (TPSA) is 130 Å². The highest BCUT2D eigenvalue weighted by Gasteiger charge is 2.53. The highest BCUT2D eigenvalue weighted by atomic mass is 28.1. The van der Waals surface area contributed by atoms with E-state index in [0.717, 1.165) is 16.7 Å². The molecule has 0 radical (unpaired) electrons. The molecule has 1 saturated heterocycles. The number of carbonyl (C=O) groups is 4. The van der Waals surface area contributed by atoms with Crippen molar-refractivity contribution in [3.63, 3.8) is 0 Å². The second kappa shape index (κ2) is 8.23. The van der Waals surface area contributed by atoms with Crippen molar-refractivity contribution < 1.29 is 24.3 Å². The lowest BCUT2D eigenvalue weighted by atomic mass is 9.94. The zero-order chi connectivity index (χ0) is 23.0. The minimum Gasteiger partial charge on any atom is -0.478 e. The van der Waals surface area contributed by atoms with E-state index in [0.29, 0.717) is 5.56 Å². The maximum Gasteiger partial charge on any atom is 0.335 e. The van der Waals surface area contributed by atoms with Crippen molar-refractivity contribution in [2.45, 2.75) is 17.5 Å². The van der Waals surface area contributed by atoms with Gasteiger partial charge in [0.2, 0.25) is 11.8 Å². The van der Waals surface area contributed by atoms with Crippen molar-refractivity contribution in [2.75, 3.05) is 13.1 Å². The van der Waals surface area contributed by atoms with Crippen LogP contribution in [0.5, 0.6) is 0 Å². The van der Waals surface area contributed by atoms with Gasteiger partial charge >= 0.3 is 5.97 Å². The molecule has 0 unspecified atom stereocenters. The molecule has 9 heteroatoms. The number of hydrogen-bond donors (Lipinski definition) is 3. The van der Waals surface area contributed by atoms with Crippen LogP contribution in [0.2, 0.25) is 0 Å². The van der Waals surface area contributed by atoms with Gasteiger partial charge in [0.25, 0.3) is 5.91 Å². The summed E-state index contributed by atoms with van der Waals surface area (Å²) in [6.07, 6.45) is 0.863. The summed E-state index contributed by atoms with van der Waals surface area (Å²) in [4.78, 5) is 50.5. The van der Waals surface area contributed by atoms with Crippen LogP contribution in [0, 0.1) is 11.8 Å². The van der Waals surface area contributed by atoms with E-state index in [2.05, 4.69) is 5.32 Å². The van der Waals surface area contributed by atoms with Crippen LogP contribution in [0.4, 0.5) is 0 Å². The molecule has 3 amide bonds. The SMILES string of the molecule is NC(=O)[C@@H]1CN(C(=O)c2ccc(C(=O)O)cc2)C[C@H]1C(=O)N[C@@]1([SiH3])C[C@@H]1c1ccccc1. The first-order valence-electron chi connectivity index (χ1n) is 10.5. The number of benzene rings is 2. The molecule has 2 aliphatic rings. The van der Waals surface area contributed by atoms with Gasteiger partial charge < -0.3 is 21.1 Å². The van der Waals surface area contributed by atoms with E-state index in [9.17, 15) is 19.2 Å². The monoisotopic (exact) mass is 451 g/mol. The largest absolute Gasteiger partial charge is 0.478 e. The number of amides is 3. The Hall–Kier alpha value is -3.46. The number of rotatable bonds is 6. The van der Waals surface area contributed by atoms with Gasteiger partial charge in [-0.05, 0) is 36.2 Å². The number of likely N-dealkylation sites (tertiary alicyclic amines) is 1. The molecule has 4 rings (SSSR count). The molecule has 0 aromatic heterocycles. The molecule has 1 saturated carbocycles. The van der Waals surface area contributed by atoms with Gasteiger partial charge in [0.05, 0.1) is 17.4 Å². The number of carboxylic acid groups (broad SMARTS) is 1. The molecular weight excluding hydrogens is 426 g/mol. The lowest BCUT2D eigenvalue weighted by Gasteiger charge is -2.20. The lowest BCUT2D eigenvalue weighted by molar-refractivity contribution is -0.131. The van der Waals surface area contributed by atoms with Gasteiger partial charge in [0, 0.05) is 40.0 Å². The Morgan fingerprint density at radius 3 is 2.16 bits per heavy atom. The summed E-state index contributed by atoms with van der Waals surface area (Å²) in [5, 5.41) is 11.9. The van der Waals surface area contributed by atoms with E-state index in [1.807, 2.05) is 30.3 Å². The van der Waals surface area contributed by atoms with Gasteiger partial charge in [-0.2, -0.15) is 0 Å². The van der Waals surface area contributed by atoms with Gasteiger partial charge in [0.1, 0.15) is 0 Å². The van der Waals surface area contributed by atoms with Crippen LogP contribution < -0.4 is 11.1 Å². The summed E-state index contributed by atoms with van der Waals surface area (Å²) in [5.41, 5.74) is 7.12. The van der Waals surface area contributed by atoms with Crippen molar-refractivity contribution >= 4 is 33.9 Å². The van der Waals surface area contributed by atoms with E-state index in [1.54, 1.807) is 0 Å². The van der Waals surface area contributed by atoms with E-state index < -0.39 is 23.7 Å². The Morgan fingerprint density at radius 2 is 1.56 bits per heavy atom. The molecular formula is C23H25N3O5Si. The van der Waals surface area contributed by atoms with Gasteiger partial charge in [-0.25, -0.2) is 4.79 Å². The molecule has 2 aromatic rings. The first-order chi connectivity index (χ1) is 15.2. The van der Waals surface area contributed by atoms with Crippen LogP contribution in [0.1, 0.15) is 38.6 Å². The van der Waals surface area contributed by atoms with Crippen LogP contribution in [0.15, 0.2) is 54.6 Å². The molecule has 32 heavy (non-hydrogen) atoms. The highest BCUT2D eigenvalue weighted by Crippen LogP contribution is 2.49. The normalized spacial score (nSPS) is 26.5. The molecule has 166 valence electrons. The molecule has 4 atom stereocenters. The fourth-order valence-corrected chi connectivity index (χ4v) is 5.50. The van der Waals surface area contributed by atoms with Crippen LogP contribution >= 0.6 is 0 Å². The van der Waals surface area contributed by atoms with E-state index >= 15 is 0 Å². The summed E-state index contributed by atoms with van der Waals surface area (Å²) in [6, 6.07) is 15.6. The molecule has 4 N–H and O–H groups in total. The molecule has 2 aromatic carbocycles. The fraction of sp³-hybridized carbons (Fsp3) is 0.304. The predicted octanol–water partition coefficient (Wildman–Crippen LogP) is -0.0763. The molecule has 0 spiro atoms. The van der Waals surface area contributed by atoms with Crippen molar-refractivity contribution in [1.82, 2.24) is 10.2 Å². The predicted molar refractivity (Wildman–Crippen MR) is 120 cm³/mol. The second-order valence-electron chi connectivity index (χ2n) is 8.78. The van der Waals surface area contributed by atoms with Crippen molar-refractivity contribution in [3.05, 3.63) is 71.3 Å². The van der Waals surface area contributed by atoms with Crippen LogP contribution in [-0.2, 0) is 9.59 Å². The number of carboxylic acids is 1. The number of carbonyl (C=O) groups excluding carboxylic acids is 3. The molecule has 8 nitrogen and oxygen atoms in total. The maximum absolute atomic E-state index is 13.1. The average molecular weight is 452 g/mol. The standard InChI is InChI=1S/C23H25N3O5Si/c24-19(27)16-11-26(21(29)14-6-8-15(9-7-14)22(30)31)12-17(16)20(28)25-23(32)10-18(23)13-4-2-1-3-5-13/h1-9,16-18H,10-12H2,32H3,(H2,24,27)(H,25,28)(H,30,31)/t16-,17-,18-,23-/m1/s1. The number of nitrogens with two attached hydrogens (primary N) is 1. The van der Waals surface area contributed by atoms with Gasteiger partial charge in [-0.15, -0.1) is 0 Å². The Bertz CT molecular complexity index is 1070. The minimum atomic E-state index is -1.08. The van der Waals surface area contributed by atoms with Gasteiger partial charge in [-0.1, -0.05) is 30.3 Å². The third-order valence-electron chi connectivity index (χ3n) is 6.54. The molecule has 1 aliphatic carbocycles. The number of nitrogens with zero attached hydrogens (tertiary/aromatic N) is 1. The van der Waals surface area contributed by atoms with Crippen molar-refractivity contribution in [3.8, 4) is 0 Å². The minimum absolute atomic E-state index is 0.0587. The Kier molecular flexibility index (Phi) is 5.60. The summed E-state index contributed by atoms with van der Waals surface area (Å²) in [5.74, 6) is -3.52. The first kappa shape index (κ1) is 21.8. The third-order valence-corrected chi connectivity index (χ3v) is 7.89. The zero-order valence-electron chi connectivity index (χ0n) is 17.7. The molecule has 1 aliphatic heterocycles. The Labute approximate surface area is 188 Å². The molecule has 0 bridgehead atoms. The van der Waals surface area contributed by atoms with Crippen molar-refractivity contribution in [2.24, 2.45) is 17.6 Å². The lowest BCUT2D eigenvalue weighted by Crippen LogP contribution is -2.46. The second-order valence-corrected chi connectivity index (χ2v) is 10.6. The quantitative estimate of drug-likeness (QED) is 0.529. The number of hydrogen-bond acceptors (Lipinski definition) is 4. The van der Waals surface area contributed by atoms with E-state index in [-0.39, 0.29) is 41.5 Å². The maximum atomic E-state index is 13.1. The highest BCUT2D eigenvalue weighted by molar-refractivity contribution is 6.20. The smallest absolute Gasteiger partial charge is 0.335 e. The van der Waals surface area contributed by atoms with Crippen molar-refractivity contribution in [1.29, 1.82) is 0 Å². The number of nitrogens with one attached hydrogen (secondary N) is 1. The summed E-state index contributed by atoms with van der Waals surface area (Å²) >= 11 is 0. The van der Waals surface area contributed by atoms with Gasteiger partial charge in [0.15, 0.2) is 0 Å². The van der Waals surface area contributed by atoms with E-state index in [4.69, 9.17) is 10.8 Å². The number of aromatic carboxylic acids is 1. The average Bonchev–Trinajstić information content (AvgIpc) is 3.23. The summed E-state index contributed by atoms with van der Waals surface area (Å²) in [7, 11) is 0.758. The molecule has 1 heterocycles. The summed E-state index contributed by atoms with van der Waals surface area (Å²) < 4.78 is 0. The number of primary amides is 1. The van der Waals surface area contributed by atoms with Crippen LogP contribution in [-0.4, -0.2) is 62.2 Å². The van der Waals surface area contributed by atoms with Crippen LogP contribution in [0.25, 0.3) is 0 Å². The zero-order valence-corrected chi connectivity index (χ0v) is 19.7. The Morgan fingerprint density at radius 1 is 0.969 bits per heavy atom. The third kappa shape index (κ3) is 4.15. The first-order valence-corrected chi connectivity index (χ1v) is 11.5. The molecule has 2 fully saturated rings. The summed E-state index contributed by atoms with van der Waals surface area (Å²) in [6.45, 7) is 0.149. The van der Waals surface area contributed by atoms with E-state index in [1.165, 1.54) is 34.7 Å². The van der Waals surface area contributed by atoms with Gasteiger partial charge in [-0.3, -0.25) is 14.4 Å². The van der Waals surface area contributed by atoms with Crippen LogP contribution in [0.3, 0.4) is 0 Å². The fourth-order valence-electron chi connectivity index (χ4n) is 4.51.